The van der Waals surface area contributed by atoms with Crippen LogP contribution in [0.1, 0.15) is 36.8 Å². The smallest absolute Gasteiger partial charge is 0.123 e. The van der Waals surface area contributed by atoms with Crippen LogP contribution in [0.25, 0.3) is 0 Å². The summed E-state index contributed by atoms with van der Waals surface area (Å²) in [7, 11) is 0. The van der Waals surface area contributed by atoms with Crippen molar-refractivity contribution < 1.29 is 9.84 Å². The summed E-state index contributed by atoms with van der Waals surface area (Å²) in [5, 5.41) is 9.65. The van der Waals surface area contributed by atoms with Crippen molar-refractivity contribution in [1.82, 2.24) is 0 Å². The molecule has 3 rings (SSSR count). The molecule has 2 atom stereocenters. The highest BCUT2D eigenvalue weighted by molar-refractivity contribution is 5.40. The summed E-state index contributed by atoms with van der Waals surface area (Å²) < 4.78 is 5.98. The first-order valence-corrected chi connectivity index (χ1v) is 6.84. The molecule has 18 heavy (non-hydrogen) atoms. The van der Waals surface area contributed by atoms with Crippen molar-refractivity contribution in [3.63, 3.8) is 0 Å². The lowest BCUT2D eigenvalue weighted by atomic mass is 9.92. The van der Waals surface area contributed by atoms with Crippen LogP contribution in [0.3, 0.4) is 0 Å². The minimum absolute atomic E-state index is 0.236. The molecule has 0 amide bonds. The average Bonchev–Trinajstić information content (AvgIpc) is 2.70. The number of hydrogen-bond acceptors (Lipinski definition) is 2. The molecule has 0 radical (unpaired) electrons. The van der Waals surface area contributed by atoms with Gasteiger partial charge in [0.25, 0.3) is 0 Å². The first-order chi connectivity index (χ1) is 8.70. The van der Waals surface area contributed by atoms with Crippen LogP contribution < -0.4 is 4.74 Å². The second-order valence-corrected chi connectivity index (χ2v) is 5.54. The molecule has 1 aliphatic carbocycles. The van der Waals surface area contributed by atoms with E-state index in [1.165, 1.54) is 16.7 Å². The molecule has 0 spiro atoms. The number of hydrogen-bond donors (Lipinski definition) is 1. The Hall–Kier alpha value is -1.28. The summed E-state index contributed by atoms with van der Waals surface area (Å²) in [4.78, 5) is 0. The van der Waals surface area contributed by atoms with Gasteiger partial charge in [0.05, 0.1) is 6.10 Å². The van der Waals surface area contributed by atoms with Crippen molar-refractivity contribution >= 4 is 0 Å². The summed E-state index contributed by atoms with van der Waals surface area (Å²) in [6.07, 6.45) is 7.15. The number of aliphatic hydroxyl groups excluding tert-OH is 1. The maximum absolute atomic E-state index is 9.65. The van der Waals surface area contributed by atoms with Crippen LogP contribution >= 0.6 is 0 Å². The third-order valence-corrected chi connectivity index (χ3v) is 3.87. The Morgan fingerprint density at radius 1 is 1.39 bits per heavy atom. The van der Waals surface area contributed by atoms with Crippen LogP contribution in [-0.2, 0) is 6.42 Å². The van der Waals surface area contributed by atoms with E-state index in [0.29, 0.717) is 0 Å². The maximum atomic E-state index is 9.65. The Labute approximate surface area is 108 Å². The van der Waals surface area contributed by atoms with Gasteiger partial charge in [-0.1, -0.05) is 29.3 Å². The third kappa shape index (κ3) is 2.44. The van der Waals surface area contributed by atoms with Gasteiger partial charge in [0.1, 0.15) is 11.9 Å². The van der Waals surface area contributed by atoms with Gasteiger partial charge in [-0.25, -0.2) is 0 Å². The van der Waals surface area contributed by atoms with Crippen LogP contribution in [0.4, 0.5) is 0 Å². The van der Waals surface area contributed by atoms with Gasteiger partial charge in [0, 0.05) is 12.8 Å². The second-order valence-electron chi connectivity index (χ2n) is 5.54. The van der Waals surface area contributed by atoms with Gasteiger partial charge < -0.3 is 9.84 Å². The van der Waals surface area contributed by atoms with Gasteiger partial charge >= 0.3 is 0 Å². The first-order valence-electron chi connectivity index (χ1n) is 6.84. The predicted octanol–water partition coefficient (Wildman–Crippen LogP) is 3.16. The molecular formula is C16H20O2. The number of fused-ring (bicyclic) bond motifs is 1. The maximum Gasteiger partial charge on any atom is 0.123 e. The molecule has 0 saturated carbocycles. The van der Waals surface area contributed by atoms with E-state index in [-0.39, 0.29) is 12.2 Å². The first kappa shape index (κ1) is 11.8. The molecule has 1 aliphatic heterocycles. The van der Waals surface area contributed by atoms with Crippen LogP contribution in [-0.4, -0.2) is 17.3 Å². The molecule has 2 heteroatoms. The molecule has 1 heterocycles. The average molecular weight is 244 g/mol. The molecule has 2 unspecified atom stereocenters. The zero-order valence-corrected chi connectivity index (χ0v) is 10.9. The molecule has 1 aromatic rings. The summed E-state index contributed by atoms with van der Waals surface area (Å²) in [6.45, 7) is 2.12. The Morgan fingerprint density at radius 3 is 3.11 bits per heavy atom. The predicted molar refractivity (Wildman–Crippen MR) is 71.9 cm³/mol. The molecule has 0 saturated heterocycles. The van der Waals surface area contributed by atoms with Crippen LogP contribution in [0.15, 0.2) is 29.8 Å². The monoisotopic (exact) mass is 244 g/mol. The Kier molecular flexibility index (Phi) is 3.13. The van der Waals surface area contributed by atoms with Gasteiger partial charge in [-0.05, 0) is 37.8 Å². The Bertz CT molecular complexity index is 476. The van der Waals surface area contributed by atoms with Crippen molar-refractivity contribution in [2.45, 2.75) is 51.2 Å². The van der Waals surface area contributed by atoms with E-state index in [4.69, 9.17) is 4.74 Å². The van der Waals surface area contributed by atoms with E-state index in [2.05, 4.69) is 25.1 Å². The quantitative estimate of drug-likeness (QED) is 0.810. The highest BCUT2D eigenvalue weighted by atomic mass is 16.5. The largest absolute Gasteiger partial charge is 0.489 e. The lowest BCUT2D eigenvalue weighted by molar-refractivity contribution is 0.195. The molecule has 2 nitrogen and oxygen atoms in total. The Balaban J connectivity index is 1.67. The fourth-order valence-corrected chi connectivity index (χ4v) is 3.00. The number of benzene rings is 1. The van der Waals surface area contributed by atoms with E-state index in [1.54, 1.807) is 0 Å². The zero-order chi connectivity index (χ0) is 12.5. The number of aryl methyl sites for hydroxylation is 1. The minimum atomic E-state index is -0.236. The molecule has 2 aliphatic rings. The standard InChI is InChI=1S/C16H20O2/c1-11-5-6-16-13(7-11)10-15(18-16)9-12-3-2-4-14(17)8-12/h5-8,14-15,17H,2-4,9-10H2,1H3. The molecule has 0 bridgehead atoms. The van der Waals surface area contributed by atoms with Crippen LogP contribution in [0.5, 0.6) is 5.75 Å². The number of rotatable bonds is 2. The van der Waals surface area contributed by atoms with Crippen LogP contribution in [0.2, 0.25) is 0 Å². The van der Waals surface area contributed by atoms with Crippen molar-refractivity contribution in [3.05, 3.63) is 41.0 Å². The normalized spacial score (nSPS) is 26.4. The van der Waals surface area contributed by atoms with E-state index in [9.17, 15) is 5.11 Å². The molecule has 0 aromatic heterocycles. The van der Waals surface area contributed by atoms with E-state index < -0.39 is 0 Å². The second kappa shape index (κ2) is 4.77. The van der Waals surface area contributed by atoms with Gasteiger partial charge in [-0.15, -0.1) is 0 Å². The number of ether oxygens (including phenoxy) is 1. The molecule has 1 aromatic carbocycles. The zero-order valence-electron chi connectivity index (χ0n) is 10.9. The van der Waals surface area contributed by atoms with E-state index in [0.717, 1.165) is 37.9 Å². The summed E-state index contributed by atoms with van der Waals surface area (Å²) in [5.74, 6) is 1.04. The van der Waals surface area contributed by atoms with Crippen molar-refractivity contribution in [3.8, 4) is 5.75 Å². The Morgan fingerprint density at radius 2 is 2.28 bits per heavy atom. The topological polar surface area (TPSA) is 29.5 Å². The minimum Gasteiger partial charge on any atom is -0.489 e. The SMILES string of the molecule is Cc1ccc2c(c1)CC(CC1=CC(O)CCC1)O2. The van der Waals surface area contributed by atoms with Gasteiger partial charge in [0.2, 0.25) is 0 Å². The van der Waals surface area contributed by atoms with Crippen LogP contribution in [0, 0.1) is 6.92 Å². The molecule has 96 valence electrons. The molecular weight excluding hydrogens is 224 g/mol. The summed E-state index contributed by atoms with van der Waals surface area (Å²) in [5.41, 5.74) is 3.99. The van der Waals surface area contributed by atoms with Gasteiger partial charge in [0.15, 0.2) is 0 Å². The van der Waals surface area contributed by atoms with E-state index >= 15 is 0 Å². The number of aliphatic hydroxyl groups is 1. The van der Waals surface area contributed by atoms with Gasteiger partial charge in [-0.3, -0.25) is 0 Å². The fourth-order valence-electron chi connectivity index (χ4n) is 3.00. The summed E-state index contributed by atoms with van der Waals surface area (Å²) >= 11 is 0. The lowest BCUT2D eigenvalue weighted by Crippen LogP contribution is -2.17. The lowest BCUT2D eigenvalue weighted by Gasteiger charge is -2.19. The highest BCUT2D eigenvalue weighted by Gasteiger charge is 2.24. The van der Waals surface area contributed by atoms with Gasteiger partial charge in [-0.2, -0.15) is 0 Å². The molecule has 0 fully saturated rings. The fraction of sp³-hybridized carbons (Fsp3) is 0.500. The highest BCUT2D eigenvalue weighted by Crippen LogP contribution is 2.33. The van der Waals surface area contributed by atoms with Crippen molar-refractivity contribution in [2.75, 3.05) is 0 Å². The third-order valence-electron chi connectivity index (χ3n) is 3.87. The van der Waals surface area contributed by atoms with Crippen molar-refractivity contribution in [2.24, 2.45) is 0 Å². The van der Waals surface area contributed by atoms with Crippen molar-refractivity contribution in [1.29, 1.82) is 0 Å². The van der Waals surface area contributed by atoms with E-state index in [1.807, 2.05) is 6.08 Å². The summed E-state index contributed by atoms with van der Waals surface area (Å²) in [6, 6.07) is 6.40. The molecule has 1 N–H and O–H groups in total.